The highest BCUT2D eigenvalue weighted by molar-refractivity contribution is 7.90. The zero-order valence-corrected chi connectivity index (χ0v) is 14.0. The van der Waals surface area contributed by atoms with E-state index >= 15 is 0 Å². The number of hydrogen-bond donors (Lipinski definition) is 0. The van der Waals surface area contributed by atoms with Crippen molar-refractivity contribution >= 4 is 21.8 Å². The van der Waals surface area contributed by atoms with Crippen LogP contribution in [-0.4, -0.2) is 33.7 Å². The molecule has 0 spiro atoms. The molecule has 2 aromatic rings. The fourth-order valence-electron chi connectivity index (χ4n) is 1.99. The van der Waals surface area contributed by atoms with E-state index in [4.69, 9.17) is 4.74 Å². The van der Waals surface area contributed by atoms with Crippen LogP contribution >= 0.6 is 0 Å². The minimum absolute atomic E-state index is 0.0460. The lowest BCUT2D eigenvalue weighted by molar-refractivity contribution is 0.0472. The number of rotatable bonds is 5. The van der Waals surface area contributed by atoms with E-state index in [2.05, 4.69) is 4.74 Å². The summed E-state index contributed by atoms with van der Waals surface area (Å²) in [6, 6.07) is 12.1. The third-order valence-electron chi connectivity index (χ3n) is 3.22. The number of methoxy groups -OCH3 is 1. The average molecular weight is 348 g/mol. The molecular weight excluding hydrogens is 332 g/mol. The van der Waals surface area contributed by atoms with Gasteiger partial charge >= 0.3 is 11.9 Å². The number of benzene rings is 2. The maximum Gasteiger partial charge on any atom is 0.338 e. The van der Waals surface area contributed by atoms with Gasteiger partial charge in [0.2, 0.25) is 0 Å². The lowest BCUT2D eigenvalue weighted by atomic mass is 10.1. The third kappa shape index (κ3) is 4.42. The molecule has 0 aliphatic heterocycles. The zero-order chi connectivity index (χ0) is 17.7. The summed E-state index contributed by atoms with van der Waals surface area (Å²) in [4.78, 5) is 23.6. The Morgan fingerprint density at radius 3 is 2.21 bits per heavy atom. The van der Waals surface area contributed by atoms with E-state index in [-0.39, 0.29) is 17.1 Å². The number of hydrogen-bond acceptors (Lipinski definition) is 6. The lowest BCUT2D eigenvalue weighted by Crippen LogP contribution is -2.08. The summed E-state index contributed by atoms with van der Waals surface area (Å²) >= 11 is 0. The molecule has 0 radical (unpaired) electrons. The fraction of sp³-hybridized carbons (Fsp3) is 0.176. The summed E-state index contributed by atoms with van der Waals surface area (Å²) < 4.78 is 32.8. The van der Waals surface area contributed by atoms with Crippen LogP contribution in [0.15, 0.2) is 53.4 Å². The van der Waals surface area contributed by atoms with E-state index in [9.17, 15) is 18.0 Å². The average Bonchev–Trinajstić information content (AvgIpc) is 2.58. The molecule has 0 heterocycles. The van der Waals surface area contributed by atoms with E-state index in [0.29, 0.717) is 11.1 Å². The van der Waals surface area contributed by atoms with Gasteiger partial charge in [-0.05, 0) is 35.9 Å². The molecule has 0 fully saturated rings. The standard InChI is InChI=1S/C17H16O6S/c1-22-16(18)13-6-3-5-12(9-13)11-23-17(19)14-7-4-8-15(10-14)24(2,20)21/h3-10H,11H2,1-2H3. The summed E-state index contributed by atoms with van der Waals surface area (Å²) in [6.45, 7) is -0.0488. The predicted molar refractivity (Wildman–Crippen MR) is 86.5 cm³/mol. The second-order valence-corrected chi connectivity index (χ2v) is 7.08. The molecule has 0 aliphatic carbocycles. The molecule has 126 valence electrons. The molecule has 24 heavy (non-hydrogen) atoms. The number of sulfone groups is 1. The number of carbonyl (C=O) groups is 2. The number of carbonyl (C=O) groups excluding carboxylic acids is 2. The van der Waals surface area contributed by atoms with Crippen LogP contribution in [0.2, 0.25) is 0 Å². The van der Waals surface area contributed by atoms with Crippen LogP contribution in [0.4, 0.5) is 0 Å². The molecule has 2 rings (SSSR count). The quantitative estimate of drug-likeness (QED) is 0.770. The molecule has 0 unspecified atom stereocenters. The summed E-state index contributed by atoms with van der Waals surface area (Å²) in [5.41, 5.74) is 1.11. The van der Waals surface area contributed by atoms with Gasteiger partial charge in [-0.25, -0.2) is 18.0 Å². The van der Waals surface area contributed by atoms with Crippen LogP contribution in [0, 0.1) is 0 Å². The van der Waals surface area contributed by atoms with Crippen molar-refractivity contribution in [2.45, 2.75) is 11.5 Å². The molecule has 0 atom stereocenters. The van der Waals surface area contributed by atoms with Crippen LogP contribution in [-0.2, 0) is 25.9 Å². The van der Waals surface area contributed by atoms with Crippen LogP contribution < -0.4 is 0 Å². The number of ether oxygens (including phenoxy) is 2. The van der Waals surface area contributed by atoms with E-state index in [0.717, 1.165) is 6.26 Å². The first-order chi connectivity index (χ1) is 11.3. The Hall–Kier alpha value is -2.67. The van der Waals surface area contributed by atoms with E-state index in [1.165, 1.54) is 31.4 Å². The van der Waals surface area contributed by atoms with E-state index in [1.807, 2.05) is 0 Å². The van der Waals surface area contributed by atoms with Crippen LogP contribution in [0.5, 0.6) is 0 Å². The summed E-state index contributed by atoms with van der Waals surface area (Å²) in [6.07, 6.45) is 1.07. The van der Waals surface area contributed by atoms with Gasteiger partial charge in [0.25, 0.3) is 0 Å². The van der Waals surface area contributed by atoms with Crippen LogP contribution in [0.25, 0.3) is 0 Å². The highest BCUT2D eigenvalue weighted by Crippen LogP contribution is 2.14. The highest BCUT2D eigenvalue weighted by atomic mass is 32.2. The summed E-state index contributed by atoms with van der Waals surface area (Å²) in [7, 11) is -2.12. The normalized spacial score (nSPS) is 10.9. The van der Waals surface area contributed by atoms with Crippen molar-refractivity contribution < 1.29 is 27.5 Å². The minimum atomic E-state index is -3.40. The van der Waals surface area contributed by atoms with E-state index in [1.54, 1.807) is 24.3 Å². The number of esters is 2. The summed E-state index contributed by atoms with van der Waals surface area (Å²) in [5.74, 6) is -1.13. The molecule has 0 aromatic heterocycles. The van der Waals surface area contributed by atoms with Crippen molar-refractivity contribution in [2.75, 3.05) is 13.4 Å². The first-order valence-electron chi connectivity index (χ1n) is 6.96. The Kier molecular flexibility index (Phi) is 5.35. The fourth-order valence-corrected chi connectivity index (χ4v) is 2.66. The monoisotopic (exact) mass is 348 g/mol. The zero-order valence-electron chi connectivity index (χ0n) is 13.2. The Labute approximate surface area is 139 Å². The Bertz CT molecular complexity index is 870. The SMILES string of the molecule is COC(=O)c1cccc(COC(=O)c2cccc(S(C)(=O)=O)c2)c1. The van der Waals surface area contributed by atoms with Gasteiger partial charge in [0.15, 0.2) is 9.84 Å². The van der Waals surface area contributed by atoms with Crippen LogP contribution in [0.3, 0.4) is 0 Å². The van der Waals surface area contributed by atoms with Gasteiger partial charge in [0.05, 0.1) is 23.1 Å². The second-order valence-electron chi connectivity index (χ2n) is 5.07. The largest absolute Gasteiger partial charge is 0.465 e. The Morgan fingerprint density at radius 1 is 0.958 bits per heavy atom. The van der Waals surface area contributed by atoms with Gasteiger partial charge in [-0.3, -0.25) is 0 Å². The Morgan fingerprint density at radius 2 is 1.58 bits per heavy atom. The predicted octanol–water partition coefficient (Wildman–Crippen LogP) is 2.23. The van der Waals surface area contributed by atoms with Crippen LogP contribution in [0.1, 0.15) is 26.3 Å². The smallest absolute Gasteiger partial charge is 0.338 e. The third-order valence-corrected chi connectivity index (χ3v) is 4.33. The van der Waals surface area contributed by atoms with Gasteiger partial charge in [-0.2, -0.15) is 0 Å². The first-order valence-corrected chi connectivity index (χ1v) is 8.85. The highest BCUT2D eigenvalue weighted by Gasteiger charge is 2.13. The van der Waals surface area contributed by atoms with Crippen molar-refractivity contribution in [2.24, 2.45) is 0 Å². The molecular formula is C17H16O6S. The molecule has 0 saturated heterocycles. The maximum atomic E-state index is 12.1. The van der Waals surface area contributed by atoms with Gasteiger partial charge < -0.3 is 9.47 Å². The van der Waals surface area contributed by atoms with Gasteiger partial charge in [0.1, 0.15) is 6.61 Å². The molecule has 2 aromatic carbocycles. The molecule has 7 heteroatoms. The molecule has 0 aliphatic rings. The Balaban J connectivity index is 2.10. The molecule has 0 N–H and O–H groups in total. The van der Waals surface area contributed by atoms with Crippen molar-refractivity contribution in [1.29, 1.82) is 0 Å². The van der Waals surface area contributed by atoms with Gasteiger partial charge in [-0.1, -0.05) is 18.2 Å². The second kappa shape index (κ2) is 7.27. The van der Waals surface area contributed by atoms with Crippen molar-refractivity contribution in [1.82, 2.24) is 0 Å². The molecule has 0 amide bonds. The van der Waals surface area contributed by atoms with Crippen molar-refractivity contribution in [3.8, 4) is 0 Å². The lowest BCUT2D eigenvalue weighted by Gasteiger charge is -2.07. The molecule has 6 nitrogen and oxygen atoms in total. The topological polar surface area (TPSA) is 86.7 Å². The summed E-state index contributed by atoms with van der Waals surface area (Å²) in [5, 5.41) is 0. The molecule has 0 saturated carbocycles. The molecule has 0 bridgehead atoms. The maximum absolute atomic E-state index is 12.1. The van der Waals surface area contributed by atoms with E-state index < -0.39 is 21.8 Å². The first kappa shape index (κ1) is 17.7. The van der Waals surface area contributed by atoms with Crippen molar-refractivity contribution in [3.63, 3.8) is 0 Å². The van der Waals surface area contributed by atoms with Gasteiger partial charge in [0, 0.05) is 6.26 Å². The van der Waals surface area contributed by atoms with Crippen molar-refractivity contribution in [3.05, 3.63) is 65.2 Å². The van der Waals surface area contributed by atoms with Gasteiger partial charge in [-0.15, -0.1) is 0 Å². The minimum Gasteiger partial charge on any atom is -0.465 e.